The van der Waals surface area contributed by atoms with E-state index in [0.29, 0.717) is 0 Å². The molecule has 1 aromatic rings. The van der Waals surface area contributed by atoms with Gasteiger partial charge in [0.25, 0.3) is 0 Å². The second kappa shape index (κ2) is 24.3. The van der Waals surface area contributed by atoms with Gasteiger partial charge < -0.3 is 4.57 Å². The van der Waals surface area contributed by atoms with Gasteiger partial charge in [0.1, 0.15) is 0 Å². The number of rotatable bonds is 28. The Morgan fingerprint density at radius 3 is 1.14 bits per heavy atom. The Kier molecular flexibility index (Phi) is 22.5. The lowest BCUT2D eigenvalue weighted by Crippen LogP contribution is -2.34. The average molecular weight is 517 g/mol. The third kappa shape index (κ3) is 18.2. The molecule has 0 aromatic carbocycles. The van der Waals surface area contributed by atoms with Gasteiger partial charge in [-0.15, -0.1) is 0 Å². The number of nitrogens with zero attached hydrogens (tertiary/aromatic N) is 2. The summed E-state index contributed by atoms with van der Waals surface area (Å²) in [5.74, 6) is 0.757. The van der Waals surface area contributed by atoms with Crippen molar-refractivity contribution in [3.8, 4) is 0 Å². The SMILES string of the molecule is CCCCCCCCCCCCCCC(CCCCCCCCCCCCCC)C(C)(C)n1ccnc1. The Labute approximate surface area is 234 Å². The van der Waals surface area contributed by atoms with Gasteiger partial charge in [0.05, 0.1) is 6.33 Å². The van der Waals surface area contributed by atoms with E-state index < -0.39 is 0 Å². The number of hydrogen-bond acceptors (Lipinski definition) is 1. The van der Waals surface area contributed by atoms with Crippen LogP contribution in [0.1, 0.15) is 195 Å². The van der Waals surface area contributed by atoms with Crippen molar-refractivity contribution in [1.29, 1.82) is 0 Å². The third-order valence-corrected chi connectivity index (χ3v) is 8.98. The third-order valence-electron chi connectivity index (χ3n) is 8.98. The first-order chi connectivity index (χ1) is 18.1. The molecule has 0 unspecified atom stereocenters. The molecule has 0 bridgehead atoms. The molecule has 0 amide bonds. The first kappa shape index (κ1) is 34.2. The smallest absolute Gasteiger partial charge is 0.0951 e. The van der Waals surface area contributed by atoms with Gasteiger partial charge in [0.2, 0.25) is 0 Å². The maximum Gasteiger partial charge on any atom is 0.0951 e. The molecule has 0 saturated carbocycles. The van der Waals surface area contributed by atoms with Crippen molar-refractivity contribution < 1.29 is 0 Å². The van der Waals surface area contributed by atoms with E-state index in [9.17, 15) is 0 Å². The molecule has 218 valence electrons. The van der Waals surface area contributed by atoms with E-state index >= 15 is 0 Å². The molecule has 0 aliphatic carbocycles. The molecule has 0 N–H and O–H groups in total. The molecule has 0 radical (unpaired) electrons. The fraction of sp³-hybridized carbons (Fsp3) is 0.914. The van der Waals surface area contributed by atoms with Crippen molar-refractivity contribution in [2.45, 2.75) is 200 Å². The van der Waals surface area contributed by atoms with Crippen molar-refractivity contribution in [2.24, 2.45) is 5.92 Å². The minimum atomic E-state index is 0.173. The summed E-state index contributed by atoms with van der Waals surface area (Å²) in [6.45, 7) is 9.50. The Morgan fingerprint density at radius 1 is 0.514 bits per heavy atom. The van der Waals surface area contributed by atoms with Crippen molar-refractivity contribution >= 4 is 0 Å². The summed E-state index contributed by atoms with van der Waals surface area (Å²) >= 11 is 0. The molecule has 1 rings (SSSR count). The van der Waals surface area contributed by atoms with Crippen LogP contribution in [0.5, 0.6) is 0 Å². The minimum absolute atomic E-state index is 0.173. The fourth-order valence-electron chi connectivity index (χ4n) is 6.13. The zero-order valence-electron chi connectivity index (χ0n) is 26.1. The highest BCUT2D eigenvalue weighted by atomic mass is 15.1. The molecular formula is C35H68N2. The van der Waals surface area contributed by atoms with Crippen LogP contribution in [0.15, 0.2) is 18.7 Å². The summed E-state index contributed by atoms with van der Waals surface area (Å²) in [7, 11) is 0. The van der Waals surface area contributed by atoms with Crippen LogP contribution >= 0.6 is 0 Å². The maximum absolute atomic E-state index is 4.37. The topological polar surface area (TPSA) is 17.8 Å². The Hall–Kier alpha value is -0.790. The molecule has 0 saturated heterocycles. The summed E-state index contributed by atoms with van der Waals surface area (Å²) in [4.78, 5) is 4.37. The van der Waals surface area contributed by atoms with Crippen LogP contribution in [0.3, 0.4) is 0 Å². The van der Waals surface area contributed by atoms with E-state index in [0.717, 1.165) is 5.92 Å². The highest BCUT2D eigenvalue weighted by Crippen LogP contribution is 2.34. The Balaban J connectivity index is 2.17. The molecule has 0 aliphatic rings. The van der Waals surface area contributed by atoms with Crippen LogP contribution in [-0.4, -0.2) is 9.55 Å². The van der Waals surface area contributed by atoms with Gasteiger partial charge in [-0.25, -0.2) is 4.98 Å². The summed E-state index contributed by atoms with van der Waals surface area (Å²) in [6.07, 6.45) is 43.4. The van der Waals surface area contributed by atoms with Gasteiger partial charge in [0.15, 0.2) is 0 Å². The lowest BCUT2D eigenvalue weighted by Gasteiger charge is -2.36. The molecule has 2 heteroatoms. The van der Waals surface area contributed by atoms with Crippen molar-refractivity contribution in [3.05, 3.63) is 18.7 Å². The quantitative estimate of drug-likeness (QED) is 0.101. The standard InChI is InChI=1S/C35H68N2/c1-5-7-9-11-13-15-17-19-21-23-25-27-29-34(35(3,4)37-32-31-36-33-37)30-28-26-24-22-20-18-16-14-12-10-8-6-2/h31-34H,5-30H2,1-4H3. The zero-order chi connectivity index (χ0) is 26.9. The van der Waals surface area contributed by atoms with Gasteiger partial charge >= 0.3 is 0 Å². The lowest BCUT2D eigenvalue weighted by atomic mass is 9.79. The Morgan fingerprint density at radius 2 is 0.838 bits per heavy atom. The van der Waals surface area contributed by atoms with Crippen LogP contribution in [0.25, 0.3) is 0 Å². The maximum atomic E-state index is 4.37. The first-order valence-corrected chi connectivity index (χ1v) is 17.1. The predicted octanol–water partition coefficient (Wildman–Crippen LogP) is 12.4. The van der Waals surface area contributed by atoms with Crippen LogP contribution < -0.4 is 0 Å². The number of aromatic nitrogens is 2. The predicted molar refractivity (Wildman–Crippen MR) is 166 cm³/mol. The van der Waals surface area contributed by atoms with Crippen molar-refractivity contribution in [2.75, 3.05) is 0 Å². The molecule has 0 aliphatic heterocycles. The normalized spacial score (nSPS) is 12.1. The largest absolute Gasteiger partial charge is 0.332 e. The van der Waals surface area contributed by atoms with Gasteiger partial charge in [-0.1, -0.05) is 168 Å². The minimum Gasteiger partial charge on any atom is -0.332 e. The van der Waals surface area contributed by atoms with Crippen LogP contribution in [0, 0.1) is 5.92 Å². The molecule has 1 heterocycles. The fourth-order valence-corrected chi connectivity index (χ4v) is 6.13. The number of imidazole rings is 1. The second-order valence-electron chi connectivity index (χ2n) is 12.7. The van der Waals surface area contributed by atoms with E-state index in [-0.39, 0.29) is 5.54 Å². The number of hydrogen-bond donors (Lipinski definition) is 0. The van der Waals surface area contributed by atoms with E-state index in [4.69, 9.17) is 0 Å². The van der Waals surface area contributed by atoms with Crippen LogP contribution in [0.4, 0.5) is 0 Å². The number of unbranched alkanes of at least 4 members (excludes halogenated alkanes) is 22. The molecule has 2 nitrogen and oxygen atoms in total. The highest BCUT2D eigenvalue weighted by molar-refractivity contribution is 4.90. The zero-order valence-corrected chi connectivity index (χ0v) is 26.1. The molecule has 0 atom stereocenters. The average Bonchev–Trinajstić information content (AvgIpc) is 3.45. The molecule has 0 spiro atoms. The lowest BCUT2D eigenvalue weighted by molar-refractivity contribution is 0.181. The monoisotopic (exact) mass is 517 g/mol. The van der Waals surface area contributed by atoms with Gasteiger partial charge in [0, 0.05) is 17.9 Å². The summed E-state index contributed by atoms with van der Waals surface area (Å²) < 4.78 is 2.37. The van der Waals surface area contributed by atoms with E-state index in [1.807, 2.05) is 12.5 Å². The summed E-state index contributed by atoms with van der Waals surface area (Å²) in [5, 5.41) is 0. The van der Waals surface area contributed by atoms with Gasteiger partial charge in [-0.3, -0.25) is 0 Å². The summed E-state index contributed by atoms with van der Waals surface area (Å²) in [5.41, 5.74) is 0.173. The van der Waals surface area contributed by atoms with Gasteiger partial charge in [-0.2, -0.15) is 0 Å². The van der Waals surface area contributed by atoms with E-state index in [1.54, 1.807) is 0 Å². The van der Waals surface area contributed by atoms with Crippen LogP contribution in [-0.2, 0) is 5.54 Å². The Bertz CT molecular complexity index is 534. The van der Waals surface area contributed by atoms with Crippen LogP contribution in [0.2, 0.25) is 0 Å². The van der Waals surface area contributed by atoms with Crippen molar-refractivity contribution in [1.82, 2.24) is 9.55 Å². The molecule has 37 heavy (non-hydrogen) atoms. The second-order valence-corrected chi connectivity index (χ2v) is 12.7. The van der Waals surface area contributed by atoms with Crippen molar-refractivity contribution in [3.63, 3.8) is 0 Å². The highest BCUT2D eigenvalue weighted by Gasteiger charge is 2.30. The first-order valence-electron chi connectivity index (χ1n) is 17.1. The summed E-state index contributed by atoms with van der Waals surface area (Å²) in [6, 6.07) is 0. The van der Waals surface area contributed by atoms with E-state index in [2.05, 4.69) is 43.4 Å². The molecule has 0 fully saturated rings. The van der Waals surface area contributed by atoms with E-state index in [1.165, 1.54) is 167 Å². The van der Waals surface area contributed by atoms with Gasteiger partial charge in [-0.05, 0) is 32.6 Å². The molecule has 1 aromatic heterocycles. The molecular weight excluding hydrogens is 448 g/mol.